The van der Waals surface area contributed by atoms with Crippen molar-refractivity contribution in [2.24, 2.45) is 5.73 Å². The second kappa shape index (κ2) is 8.77. The molecule has 0 atom stereocenters. The van der Waals surface area contributed by atoms with Crippen LogP contribution in [0.3, 0.4) is 0 Å². The van der Waals surface area contributed by atoms with Crippen LogP contribution >= 0.6 is 11.6 Å². The van der Waals surface area contributed by atoms with Crippen LogP contribution in [0.2, 0.25) is 5.02 Å². The number of amides is 3. The molecule has 3 amide bonds. The minimum absolute atomic E-state index is 0.0358. The van der Waals surface area contributed by atoms with Crippen LogP contribution in [0.5, 0.6) is 0 Å². The number of para-hydroxylation sites is 1. The number of halogens is 1. The van der Waals surface area contributed by atoms with Gasteiger partial charge in [0.15, 0.2) is 5.69 Å². The van der Waals surface area contributed by atoms with Gasteiger partial charge in [0, 0.05) is 23.0 Å². The summed E-state index contributed by atoms with van der Waals surface area (Å²) >= 11 is 5.97. The van der Waals surface area contributed by atoms with Crippen LogP contribution in [0.4, 0.5) is 0 Å². The van der Waals surface area contributed by atoms with Crippen LogP contribution in [0, 0.1) is 0 Å². The Bertz CT molecular complexity index is 1160. The Morgan fingerprint density at radius 2 is 1.94 bits per heavy atom. The largest absolute Gasteiger partial charge is 0.364 e. The van der Waals surface area contributed by atoms with Crippen LogP contribution < -0.4 is 11.1 Å². The van der Waals surface area contributed by atoms with E-state index in [-0.39, 0.29) is 36.6 Å². The maximum absolute atomic E-state index is 13.0. The average Bonchev–Trinajstić information content (AvgIpc) is 3.52. The van der Waals surface area contributed by atoms with Crippen LogP contribution in [0.15, 0.2) is 48.5 Å². The zero-order chi connectivity index (χ0) is 22.0. The monoisotopic (exact) mass is 439 g/mol. The summed E-state index contributed by atoms with van der Waals surface area (Å²) in [5, 5.41) is 8.27. The summed E-state index contributed by atoms with van der Waals surface area (Å²) in [5.74, 6) is -1.13. The van der Waals surface area contributed by atoms with Gasteiger partial charge in [0.05, 0.1) is 12.1 Å². The third-order valence-corrected chi connectivity index (χ3v) is 5.41. The number of primary amides is 1. The zero-order valence-electron chi connectivity index (χ0n) is 16.8. The van der Waals surface area contributed by atoms with Crippen molar-refractivity contribution in [1.82, 2.24) is 20.0 Å². The van der Waals surface area contributed by atoms with Crippen molar-refractivity contribution in [2.45, 2.75) is 32.0 Å². The minimum Gasteiger partial charge on any atom is -0.364 e. The molecule has 1 fully saturated rings. The van der Waals surface area contributed by atoms with Crippen LogP contribution in [-0.2, 0) is 22.7 Å². The smallest absolute Gasteiger partial charge is 0.269 e. The first-order valence-electron chi connectivity index (χ1n) is 9.98. The highest BCUT2D eigenvalue weighted by molar-refractivity contribution is 6.30. The molecule has 1 aliphatic rings. The van der Waals surface area contributed by atoms with Gasteiger partial charge in [0.25, 0.3) is 5.91 Å². The first-order valence-corrected chi connectivity index (χ1v) is 10.4. The summed E-state index contributed by atoms with van der Waals surface area (Å²) in [4.78, 5) is 38.8. The van der Waals surface area contributed by atoms with E-state index >= 15 is 0 Å². The lowest BCUT2D eigenvalue weighted by molar-refractivity contribution is -0.137. The lowest BCUT2D eigenvalue weighted by Gasteiger charge is -2.22. The molecular weight excluding hydrogens is 418 g/mol. The van der Waals surface area contributed by atoms with Gasteiger partial charge in [-0.25, -0.2) is 0 Å². The van der Waals surface area contributed by atoms with Crippen molar-refractivity contribution in [2.75, 3.05) is 6.54 Å². The van der Waals surface area contributed by atoms with E-state index in [0.29, 0.717) is 22.5 Å². The highest BCUT2D eigenvalue weighted by Crippen LogP contribution is 2.27. The fourth-order valence-electron chi connectivity index (χ4n) is 3.51. The molecule has 3 aromatic rings. The topological polar surface area (TPSA) is 110 Å². The number of hydrogen-bond acceptors (Lipinski definition) is 4. The Balaban J connectivity index is 1.44. The molecule has 1 heterocycles. The van der Waals surface area contributed by atoms with Gasteiger partial charge in [-0.15, -0.1) is 0 Å². The van der Waals surface area contributed by atoms with E-state index in [1.807, 2.05) is 12.1 Å². The Labute approximate surface area is 183 Å². The molecular formula is C22H22ClN5O3. The highest BCUT2D eigenvalue weighted by atomic mass is 35.5. The average molecular weight is 440 g/mol. The third-order valence-electron chi connectivity index (χ3n) is 5.18. The molecule has 31 heavy (non-hydrogen) atoms. The van der Waals surface area contributed by atoms with Gasteiger partial charge < -0.3 is 16.0 Å². The number of benzene rings is 2. The number of nitrogens with two attached hydrogens (primary N) is 1. The molecule has 160 valence electrons. The predicted molar refractivity (Wildman–Crippen MR) is 116 cm³/mol. The summed E-state index contributed by atoms with van der Waals surface area (Å²) in [6.45, 7) is 0.218. The molecule has 3 N–H and O–H groups in total. The number of nitrogens with zero attached hydrogens (tertiary/aromatic N) is 3. The fraction of sp³-hybridized carbons (Fsp3) is 0.273. The first kappa shape index (κ1) is 20.9. The van der Waals surface area contributed by atoms with Gasteiger partial charge in [-0.1, -0.05) is 41.9 Å². The number of fused-ring (bicyclic) bond motifs is 1. The fourth-order valence-corrected chi connectivity index (χ4v) is 3.73. The standard InChI is InChI=1S/C22H22ClN5O3/c23-15-5-3-4-14(10-15)11-25-19(29)12-27(16-8-9-16)20(30)13-28-18-7-2-1-6-17(18)21(26-28)22(24)31/h1-7,10,16H,8-9,11-13H2,(H2,24,31)(H,25,29). The molecule has 2 aromatic carbocycles. The van der Waals surface area contributed by atoms with Gasteiger partial charge >= 0.3 is 0 Å². The van der Waals surface area contributed by atoms with Gasteiger partial charge in [0.1, 0.15) is 6.54 Å². The van der Waals surface area contributed by atoms with Crippen molar-refractivity contribution in [3.05, 3.63) is 64.8 Å². The van der Waals surface area contributed by atoms with E-state index < -0.39 is 5.91 Å². The molecule has 9 heteroatoms. The number of carbonyl (C=O) groups excluding carboxylic acids is 3. The van der Waals surface area contributed by atoms with Gasteiger partial charge in [-0.05, 0) is 36.6 Å². The Kier molecular flexibility index (Phi) is 5.90. The normalized spacial score (nSPS) is 13.2. The molecule has 0 spiro atoms. The summed E-state index contributed by atoms with van der Waals surface area (Å²) in [5.41, 5.74) is 7.08. The van der Waals surface area contributed by atoms with Crippen LogP contribution in [0.1, 0.15) is 28.9 Å². The third kappa shape index (κ3) is 4.86. The number of aromatic nitrogens is 2. The van der Waals surface area contributed by atoms with Crippen LogP contribution in [-0.4, -0.2) is 45.0 Å². The SMILES string of the molecule is NC(=O)c1nn(CC(=O)N(CC(=O)NCc2cccc(Cl)c2)C2CC2)c2ccccc12. The molecule has 8 nitrogen and oxygen atoms in total. The summed E-state index contributed by atoms with van der Waals surface area (Å²) < 4.78 is 1.47. The van der Waals surface area contributed by atoms with E-state index in [1.54, 1.807) is 41.3 Å². The summed E-state index contributed by atoms with van der Waals surface area (Å²) in [6.07, 6.45) is 1.72. The van der Waals surface area contributed by atoms with Gasteiger partial charge in [-0.3, -0.25) is 19.1 Å². The van der Waals surface area contributed by atoms with E-state index in [2.05, 4.69) is 10.4 Å². The quantitative estimate of drug-likeness (QED) is 0.559. The summed E-state index contributed by atoms with van der Waals surface area (Å²) in [6, 6.07) is 14.4. The van der Waals surface area contributed by atoms with Gasteiger partial charge in [0.2, 0.25) is 11.8 Å². The van der Waals surface area contributed by atoms with Crippen molar-refractivity contribution < 1.29 is 14.4 Å². The Morgan fingerprint density at radius 3 is 2.65 bits per heavy atom. The molecule has 1 aromatic heterocycles. The number of nitrogens with one attached hydrogen (secondary N) is 1. The lowest BCUT2D eigenvalue weighted by Crippen LogP contribution is -2.43. The second-order valence-corrected chi connectivity index (χ2v) is 7.98. The Morgan fingerprint density at radius 1 is 1.16 bits per heavy atom. The van der Waals surface area contributed by atoms with E-state index in [9.17, 15) is 14.4 Å². The molecule has 0 aliphatic heterocycles. The lowest BCUT2D eigenvalue weighted by atomic mass is 10.2. The number of rotatable bonds is 8. The van der Waals surface area contributed by atoms with E-state index in [0.717, 1.165) is 18.4 Å². The highest BCUT2D eigenvalue weighted by Gasteiger charge is 2.34. The predicted octanol–water partition coefficient (Wildman–Crippen LogP) is 2.10. The second-order valence-electron chi connectivity index (χ2n) is 7.55. The molecule has 1 saturated carbocycles. The van der Waals surface area contributed by atoms with Crippen molar-refractivity contribution in [3.8, 4) is 0 Å². The van der Waals surface area contributed by atoms with E-state index in [1.165, 1.54) is 4.68 Å². The molecule has 0 unspecified atom stereocenters. The van der Waals surface area contributed by atoms with Crippen molar-refractivity contribution >= 4 is 40.2 Å². The van der Waals surface area contributed by atoms with Gasteiger partial charge in [-0.2, -0.15) is 5.10 Å². The van der Waals surface area contributed by atoms with E-state index in [4.69, 9.17) is 17.3 Å². The minimum atomic E-state index is -0.651. The molecule has 0 saturated heterocycles. The zero-order valence-corrected chi connectivity index (χ0v) is 17.5. The maximum atomic E-state index is 13.0. The first-order chi connectivity index (χ1) is 14.9. The molecule has 0 radical (unpaired) electrons. The maximum Gasteiger partial charge on any atom is 0.269 e. The Hall–Kier alpha value is -3.39. The molecule has 4 rings (SSSR count). The van der Waals surface area contributed by atoms with Crippen molar-refractivity contribution in [1.29, 1.82) is 0 Å². The number of carbonyl (C=O) groups is 3. The molecule has 0 bridgehead atoms. The molecule has 1 aliphatic carbocycles. The van der Waals surface area contributed by atoms with Crippen molar-refractivity contribution in [3.63, 3.8) is 0 Å². The summed E-state index contributed by atoms with van der Waals surface area (Å²) in [7, 11) is 0. The number of hydrogen-bond donors (Lipinski definition) is 2. The van der Waals surface area contributed by atoms with Crippen LogP contribution in [0.25, 0.3) is 10.9 Å².